The van der Waals surface area contributed by atoms with Gasteiger partial charge in [-0.05, 0) is 51.4 Å². The molecule has 0 fully saturated rings. The third-order valence-electron chi connectivity index (χ3n) is 6.81. The molecule has 9 aromatic rings. The van der Waals surface area contributed by atoms with E-state index in [1.165, 1.54) is 31.3 Å². The summed E-state index contributed by atoms with van der Waals surface area (Å²) in [5.74, 6) is 0. The van der Waals surface area contributed by atoms with Gasteiger partial charge in [-0.3, -0.25) is 0 Å². The Balaban J connectivity index is 0.000000126. The summed E-state index contributed by atoms with van der Waals surface area (Å²) in [4.78, 5) is 20.4. The molecule has 0 spiro atoms. The Labute approximate surface area is 323 Å². The van der Waals surface area contributed by atoms with E-state index in [-0.39, 0.29) is 20.1 Å². The van der Waals surface area contributed by atoms with Gasteiger partial charge in [0.2, 0.25) is 0 Å². The van der Waals surface area contributed by atoms with Crippen molar-refractivity contribution in [2.45, 2.75) is 0 Å². The molecule has 0 atom stereocenters. The van der Waals surface area contributed by atoms with E-state index in [2.05, 4.69) is 122 Å². The van der Waals surface area contributed by atoms with Crippen molar-refractivity contribution in [2.75, 3.05) is 0 Å². The van der Waals surface area contributed by atoms with Crippen molar-refractivity contribution in [3.05, 3.63) is 160 Å². The molecule has 0 N–H and O–H groups in total. The normalized spacial score (nSPS) is 10.3. The molecule has 243 valence electrons. The van der Waals surface area contributed by atoms with Gasteiger partial charge in [0.1, 0.15) is 0 Å². The van der Waals surface area contributed by atoms with E-state index in [1.807, 2.05) is 52.9 Å². The van der Waals surface area contributed by atoms with Crippen LogP contribution in [0.5, 0.6) is 0 Å². The second-order valence-electron chi connectivity index (χ2n) is 9.91. The number of aromatic nitrogens is 3. The summed E-state index contributed by atoms with van der Waals surface area (Å²) in [5, 5.41) is 12.3. The Kier molecular flexibility index (Phi) is 12.8. The van der Waals surface area contributed by atoms with Gasteiger partial charge < -0.3 is 15.0 Å². The molecule has 0 unspecified atom stereocenters. The zero-order valence-corrected chi connectivity index (χ0v) is 32.8. The van der Waals surface area contributed by atoms with Gasteiger partial charge in [-0.25, -0.2) is 34.0 Å². The number of pyridine rings is 3. The third kappa shape index (κ3) is 9.30. The van der Waals surface area contributed by atoms with Gasteiger partial charge in [-0.1, -0.05) is 69.2 Å². The maximum atomic E-state index is 4.46. The Morgan fingerprint density at radius 1 is 0.367 bits per heavy atom. The van der Waals surface area contributed by atoms with Crippen LogP contribution in [0.25, 0.3) is 63.0 Å². The molecule has 0 saturated carbocycles. The van der Waals surface area contributed by atoms with Crippen molar-refractivity contribution in [2.24, 2.45) is 0 Å². The average Bonchev–Trinajstić information content (AvgIpc) is 4.01. The smallest absolute Gasteiger partial charge is 0.0357 e. The first-order valence-electron chi connectivity index (χ1n) is 14.7. The van der Waals surface area contributed by atoms with Crippen LogP contribution in [0.4, 0.5) is 0 Å². The average molecular weight is 919 g/mol. The van der Waals surface area contributed by atoms with E-state index >= 15 is 0 Å². The van der Waals surface area contributed by atoms with Crippen molar-refractivity contribution in [1.29, 1.82) is 0 Å². The number of rotatable bonds is 6. The summed E-state index contributed by atoms with van der Waals surface area (Å²) in [6.45, 7) is 0. The quantitative estimate of drug-likeness (QED) is 0.156. The van der Waals surface area contributed by atoms with E-state index in [1.54, 1.807) is 68.0 Å². The van der Waals surface area contributed by atoms with Crippen LogP contribution in [0.15, 0.2) is 142 Å². The predicted molar refractivity (Wildman–Crippen MR) is 209 cm³/mol. The molecular formula is C39H24IrN3S6-3. The SMILES string of the molecule is [Ir].[c-]1ccsc1-c1ccc(-c2cccs2)cn1.[c-]1ccsc1-c1ccc(-c2cccs2)cn1.[c-]1ccsc1-c1ccc(-c2cccs2)cn1. The number of nitrogens with zero attached hydrogens (tertiary/aromatic N) is 3. The minimum atomic E-state index is 0. The molecule has 9 aromatic heterocycles. The maximum absolute atomic E-state index is 4.46. The minimum Gasteiger partial charge on any atom is -0.318 e. The molecule has 0 aliphatic rings. The van der Waals surface area contributed by atoms with E-state index < -0.39 is 0 Å². The van der Waals surface area contributed by atoms with Gasteiger partial charge >= 0.3 is 0 Å². The van der Waals surface area contributed by atoms with Crippen molar-refractivity contribution in [3.8, 4) is 63.0 Å². The molecule has 0 aliphatic carbocycles. The summed E-state index contributed by atoms with van der Waals surface area (Å²) >= 11 is 10.2. The fourth-order valence-electron chi connectivity index (χ4n) is 4.49. The number of hydrogen-bond donors (Lipinski definition) is 0. The Bertz CT molecular complexity index is 1760. The second kappa shape index (κ2) is 17.8. The second-order valence-corrected chi connectivity index (χ2v) is 15.5. The molecule has 10 heteroatoms. The molecular weight excluding hydrogens is 895 g/mol. The van der Waals surface area contributed by atoms with Gasteiger partial charge in [0.05, 0.1) is 0 Å². The maximum Gasteiger partial charge on any atom is 0.0357 e. The molecule has 0 bridgehead atoms. The Hall–Kier alpha value is -3.70. The molecule has 0 amide bonds. The zero-order chi connectivity index (χ0) is 32.4. The Morgan fingerprint density at radius 3 is 0.898 bits per heavy atom. The van der Waals surface area contributed by atoms with Crippen molar-refractivity contribution in [3.63, 3.8) is 0 Å². The van der Waals surface area contributed by atoms with Gasteiger partial charge in [-0.15, -0.1) is 50.2 Å². The van der Waals surface area contributed by atoms with Crippen LogP contribution in [0.1, 0.15) is 0 Å². The van der Waals surface area contributed by atoms with Crippen LogP contribution in [0, 0.1) is 18.2 Å². The molecule has 49 heavy (non-hydrogen) atoms. The summed E-state index contributed by atoms with van der Waals surface area (Å²) < 4.78 is 0. The van der Waals surface area contributed by atoms with Gasteiger partial charge in [0.15, 0.2) is 0 Å². The summed E-state index contributed by atoms with van der Waals surface area (Å²) in [6, 6.07) is 40.3. The Morgan fingerprint density at radius 2 is 0.694 bits per heavy atom. The molecule has 0 aliphatic heterocycles. The molecule has 0 aromatic carbocycles. The van der Waals surface area contributed by atoms with Crippen LogP contribution >= 0.6 is 68.0 Å². The largest absolute Gasteiger partial charge is 0.318 e. The topological polar surface area (TPSA) is 38.7 Å². The van der Waals surface area contributed by atoms with Crippen LogP contribution in [0.2, 0.25) is 0 Å². The number of hydrogen-bond acceptors (Lipinski definition) is 9. The summed E-state index contributed by atoms with van der Waals surface area (Å²) in [7, 11) is 0. The fraction of sp³-hybridized carbons (Fsp3) is 0. The first kappa shape index (κ1) is 35.1. The first-order valence-corrected chi connectivity index (χ1v) is 19.9. The summed E-state index contributed by atoms with van der Waals surface area (Å²) in [6.07, 6.45) is 5.78. The fourth-order valence-corrected chi connectivity index (χ4v) is 8.59. The zero-order valence-electron chi connectivity index (χ0n) is 25.5. The third-order valence-corrected chi connectivity index (χ3v) is 12.1. The molecule has 3 nitrogen and oxygen atoms in total. The van der Waals surface area contributed by atoms with Crippen LogP contribution in [-0.2, 0) is 20.1 Å². The first-order chi connectivity index (χ1) is 23.8. The molecule has 9 heterocycles. The van der Waals surface area contributed by atoms with E-state index in [0.29, 0.717) is 0 Å². The van der Waals surface area contributed by atoms with E-state index in [0.717, 1.165) is 31.7 Å². The summed E-state index contributed by atoms with van der Waals surface area (Å²) in [5.41, 5.74) is 6.52. The monoisotopic (exact) mass is 919 g/mol. The molecule has 9 rings (SSSR count). The van der Waals surface area contributed by atoms with Crippen LogP contribution in [0.3, 0.4) is 0 Å². The van der Waals surface area contributed by atoms with Crippen molar-refractivity contribution >= 4 is 68.0 Å². The van der Waals surface area contributed by atoms with Gasteiger partial charge in [0, 0.05) is 70.0 Å². The van der Waals surface area contributed by atoms with E-state index in [9.17, 15) is 0 Å². The number of thiophene rings is 6. The van der Waals surface area contributed by atoms with Crippen LogP contribution in [-0.4, -0.2) is 15.0 Å². The van der Waals surface area contributed by atoms with Crippen LogP contribution < -0.4 is 0 Å². The van der Waals surface area contributed by atoms with Crippen molar-refractivity contribution in [1.82, 2.24) is 15.0 Å². The van der Waals surface area contributed by atoms with E-state index in [4.69, 9.17) is 0 Å². The van der Waals surface area contributed by atoms with Gasteiger partial charge in [-0.2, -0.15) is 36.4 Å². The minimum absolute atomic E-state index is 0. The molecule has 0 saturated heterocycles. The van der Waals surface area contributed by atoms with Crippen molar-refractivity contribution < 1.29 is 20.1 Å². The van der Waals surface area contributed by atoms with Gasteiger partial charge in [0.25, 0.3) is 0 Å². The molecule has 1 radical (unpaired) electrons. The predicted octanol–water partition coefficient (Wildman–Crippen LogP) is 13.0. The standard InChI is InChI=1S/3C13H8NS2.Ir/c3*1-3-12(15-7-1)10-5-6-11(14-9-10)13-4-2-8-16-13;/h3*1-3,5-9H;/q3*-1;.